The minimum atomic E-state index is -0.653. The van der Waals surface area contributed by atoms with E-state index < -0.39 is 22.6 Å². The largest absolute Gasteiger partial charge is 0.348 e. The summed E-state index contributed by atoms with van der Waals surface area (Å²) in [5.41, 5.74) is 1.34. The zero-order chi connectivity index (χ0) is 20.7. The van der Waals surface area contributed by atoms with Gasteiger partial charge in [0.05, 0.1) is 11.0 Å². The topological polar surface area (TPSA) is 110 Å². The summed E-state index contributed by atoms with van der Waals surface area (Å²) in [5.74, 6) is -0.406. The molecule has 0 bridgehead atoms. The van der Waals surface area contributed by atoms with Crippen LogP contribution in [0.2, 0.25) is 0 Å². The maximum atomic E-state index is 14.0. The SMILES string of the molecule is CCc1nc(-c2nc(NC3CCc4c(F)cc(F)cc43)nc(C)c2[N+](=O)[O-])c[nH]1. The molecule has 29 heavy (non-hydrogen) atoms. The number of nitro groups is 1. The Kier molecular flexibility index (Phi) is 4.69. The number of hydrogen-bond donors (Lipinski definition) is 2. The zero-order valence-corrected chi connectivity index (χ0v) is 15.8. The van der Waals surface area contributed by atoms with Crippen LogP contribution in [0.25, 0.3) is 11.4 Å². The van der Waals surface area contributed by atoms with Gasteiger partial charge in [0.25, 0.3) is 0 Å². The van der Waals surface area contributed by atoms with Gasteiger partial charge < -0.3 is 10.3 Å². The van der Waals surface area contributed by atoms with E-state index in [0.29, 0.717) is 41.9 Å². The van der Waals surface area contributed by atoms with E-state index in [2.05, 4.69) is 25.3 Å². The fourth-order valence-corrected chi connectivity index (χ4v) is 3.64. The van der Waals surface area contributed by atoms with Gasteiger partial charge in [0.15, 0.2) is 5.69 Å². The molecule has 0 saturated carbocycles. The molecular weight excluding hydrogens is 382 g/mol. The summed E-state index contributed by atoms with van der Waals surface area (Å²) in [4.78, 5) is 26.9. The van der Waals surface area contributed by atoms with E-state index in [1.165, 1.54) is 13.0 Å². The molecule has 150 valence electrons. The Hall–Kier alpha value is -3.43. The molecule has 10 heteroatoms. The number of rotatable bonds is 5. The van der Waals surface area contributed by atoms with Crippen molar-refractivity contribution in [1.29, 1.82) is 0 Å². The summed E-state index contributed by atoms with van der Waals surface area (Å²) < 4.78 is 27.7. The van der Waals surface area contributed by atoms with Gasteiger partial charge in [-0.05, 0) is 37.0 Å². The van der Waals surface area contributed by atoms with Gasteiger partial charge >= 0.3 is 5.69 Å². The number of H-pyrrole nitrogens is 1. The number of aromatic amines is 1. The molecule has 2 heterocycles. The third kappa shape index (κ3) is 3.41. The van der Waals surface area contributed by atoms with Crippen LogP contribution in [0, 0.1) is 28.7 Å². The van der Waals surface area contributed by atoms with Crippen molar-refractivity contribution in [3.63, 3.8) is 0 Å². The minimum absolute atomic E-state index is 0.0876. The van der Waals surface area contributed by atoms with Crippen molar-refractivity contribution in [2.45, 2.75) is 39.2 Å². The Morgan fingerprint density at radius 3 is 2.79 bits per heavy atom. The first-order valence-corrected chi connectivity index (χ1v) is 9.19. The van der Waals surface area contributed by atoms with Crippen molar-refractivity contribution in [1.82, 2.24) is 19.9 Å². The molecule has 0 radical (unpaired) electrons. The lowest BCUT2D eigenvalue weighted by molar-refractivity contribution is -0.385. The molecule has 2 aromatic heterocycles. The number of aryl methyl sites for hydroxylation is 2. The van der Waals surface area contributed by atoms with Crippen LogP contribution in [0.3, 0.4) is 0 Å². The summed E-state index contributed by atoms with van der Waals surface area (Å²) in [6, 6.07) is 1.77. The van der Waals surface area contributed by atoms with E-state index >= 15 is 0 Å². The minimum Gasteiger partial charge on any atom is -0.348 e. The van der Waals surface area contributed by atoms with Crippen molar-refractivity contribution >= 4 is 11.6 Å². The van der Waals surface area contributed by atoms with Crippen LogP contribution in [0.5, 0.6) is 0 Å². The number of benzene rings is 1. The summed E-state index contributed by atoms with van der Waals surface area (Å²) in [6.07, 6.45) is 3.19. The van der Waals surface area contributed by atoms with E-state index in [0.717, 1.165) is 6.07 Å². The van der Waals surface area contributed by atoms with Gasteiger partial charge in [-0.1, -0.05) is 6.92 Å². The Labute approximate surface area is 164 Å². The van der Waals surface area contributed by atoms with E-state index in [1.807, 2.05) is 6.92 Å². The molecule has 4 rings (SSSR count). The molecule has 0 fully saturated rings. The smallest absolute Gasteiger partial charge is 0.318 e. The third-order valence-electron chi connectivity index (χ3n) is 5.01. The molecule has 0 spiro atoms. The summed E-state index contributed by atoms with van der Waals surface area (Å²) in [5, 5.41) is 14.6. The van der Waals surface area contributed by atoms with Crippen LogP contribution in [0.1, 0.15) is 42.0 Å². The second-order valence-corrected chi connectivity index (χ2v) is 6.86. The molecule has 0 saturated heterocycles. The number of imidazole rings is 1. The third-order valence-corrected chi connectivity index (χ3v) is 5.01. The monoisotopic (exact) mass is 400 g/mol. The van der Waals surface area contributed by atoms with Crippen LogP contribution in [0.15, 0.2) is 18.3 Å². The van der Waals surface area contributed by atoms with Crippen molar-refractivity contribution < 1.29 is 13.7 Å². The second-order valence-electron chi connectivity index (χ2n) is 6.86. The molecule has 0 amide bonds. The van der Waals surface area contributed by atoms with Crippen LogP contribution in [0.4, 0.5) is 20.4 Å². The predicted molar refractivity (Wildman–Crippen MR) is 101 cm³/mol. The number of nitrogens with one attached hydrogen (secondary N) is 2. The van der Waals surface area contributed by atoms with Crippen molar-refractivity contribution in [3.8, 4) is 11.4 Å². The Morgan fingerprint density at radius 1 is 1.31 bits per heavy atom. The number of nitrogens with zero attached hydrogens (tertiary/aromatic N) is 4. The molecule has 1 aromatic carbocycles. The molecule has 8 nitrogen and oxygen atoms in total. The van der Waals surface area contributed by atoms with Crippen molar-refractivity contribution in [2.24, 2.45) is 0 Å². The quantitative estimate of drug-likeness (QED) is 0.494. The Bertz CT molecular complexity index is 1110. The maximum Gasteiger partial charge on any atom is 0.318 e. The molecule has 1 aliphatic carbocycles. The van der Waals surface area contributed by atoms with Gasteiger partial charge in [0.2, 0.25) is 5.95 Å². The fourth-order valence-electron chi connectivity index (χ4n) is 3.64. The van der Waals surface area contributed by atoms with Gasteiger partial charge in [-0.15, -0.1) is 0 Å². The molecule has 3 aromatic rings. The standard InChI is InChI=1S/C19H18F2N6O2/c1-3-16-22-8-15(24-16)17-18(27(28)29)9(2)23-19(26-17)25-14-5-4-11-12(14)6-10(20)7-13(11)21/h6-8,14H,3-5H2,1-2H3,(H,22,24)(H,23,25,26). The molecule has 1 unspecified atom stereocenters. The van der Waals surface area contributed by atoms with E-state index in [9.17, 15) is 18.9 Å². The summed E-state index contributed by atoms with van der Waals surface area (Å²) >= 11 is 0. The van der Waals surface area contributed by atoms with Gasteiger partial charge in [-0.2, -0.15) is 0 Å². The summed E-state index contributed by atoms with van der Waals surface area (Å²) in [6.45, 7) is 3.43. The highest BCUT2D eigenvalue weighted by molar-refractivity contribution is 5.69. The van der Waals surface area contributed by atoms with Gasteiger partial charge in [0, 0.05) is 18.7 Å². The molecule has 1 aliphatic rings. The van der Waals surface area contributed by atoms with E-state index in [1.54, 1.807) is 6.20 Å². The molecule has 0 aliphatic heterocycles. The van der Waals surface area contributed by atoms with Crippen molar-refractivity contribution in [2.75, 3.05) is 5.32 Å². The first kappa shape index (κ1) is 18.9. The highest BCUT2D eigenvalue weighted by atomic mass is 19.1. The normalized spacial score (nSPS) is 15.4. The van der Waals surface area contributed by atoms with Crippen LogP contribution in [-0.4, -0.2) is 24.9 Å². The number of anilines is 1. The number of hydrogen-bond acceptors (Lipinski definition) is 6. The lowest BCUT2D eigenvalue weighted by Crippen LogP contribution is -2.12. The molecule has 2 N–H and O–H groups in total. The van der Waals surface area contributed by atoms with Gasteiger partial charge in [-0.25, -0.2) is 23.7 Å². The average Bonchev–Trinajstić information content (AvgIpc) is 3.28. The zero-order valence-electron chi connectivity index (χ0n) is 15.8. The highest BCUT2D eigenvalue weighted by Crippen LogP contribution is 2.37. The maximum absolute atomic E-state index is 14.0. The Morgan fingerprint density at radius 2 is 2.10 bits per heavy atom. The van der Waals surface area contributed by atoms with Gasteiger partial charge in [-0.3, -0.25) is 10.1 Å². The Balaban J connectivity index is 1.74. The first-order valence-electron chi connectivity index (χ1n) is 9.19. The lowest BCUT2D eigenvalue weighted by atomic mass is 10.1. The van der Waals surface area contributed by atoms with Crippen LogP contribution in [-0.2, 0) is 12.8 Å². The highest BCUT2D eigenvalue weighted by Gasteiger charge is 2.29. The lowest BCUT2D eigenvalue weighted by Gasteiger charge is -2.15. The molecule has 1 atom stereocenters. The number of aromatic nitrogens is 4. The predicted octanol–water partition coefficient (Wildman–Crippen LogP) is 4.02. The van der Waals surface area contributed by atoms with Crippen LogP contribution < -0.4 is 5.32 Å². The fraction of sp³-hybridized carbons (Fsp3) is 0.316. The number of fused-ring (bicyclic) bond motifs is 1. The first-order chi connectivity index (χ1) is 13.9. The van der Waals surface area contributed by atoms with Crippen LogP contribution >= 0.6 is 0 Å². The summed E-state index contributed by atoms with van der Waals surface area (Å²) in [7, 11) is 0. The van der Waals surface area contributed by atoms with E-state index in [-0.39, 0.29) is 23.0 Å². The van der Waals surface area contributed by atoms with E-state index in [4.69, 9.17) is 0 Å². The average molecular weight is 400 g/mol. The molecular formula is C19H18F2N6O2. The van der Waals surface area contributed by atoms with Gasteiger partial charge in [0.1, 0.15) is 28.8 Å². The second kappa shape index (κ2) is 7.19. The van der Waals surface area contributed by atoms with Crippen molar-refractivity contribution in [3.05, 3.63) is 62.7 Å². The number of halogens is 2.